The van der Waals surface area contributed by atoms with Crippen LogP contribution in [0, 0.1) is 20.8 Å². The van der Waals surface area contributed by atoms with Crippen molar-refractivity contribution in [3.63, 3.8) is 0 Å². The molecule has 1 N–H and O–H groups in total. The van der Waals surface area contributed by atoms with Crippen LogP contribution >= 0.6 is 21.7 Å². The van der Waals surface area contributed by atoms with Gasteiger partial charge < -0.3 is 4.98 Å². The van der Waals surface area contributed by atoms with Gasteiger partial charge in [0.25, 0.3) is 0 Å². The predicted octanol–water partition coefficient (Wildman–Crippen LogP) is 3.73. The Morgan fingerprint density at radius 2 is 2.07 bits per heavy atom. The number of aromatic nitrogens is 2. The molecule has 0 aliphatic carbocycles. The van der Waals surface area contributed by atoms with Gasteiger partial charge in [-0.15, -0.1) is 0 Å². The van der Waals surface area contributed by atoms with Gasteiger partial charge in [0.1, 0.15) is 11.3 Å². The van der Waals surface area contributed by atoms with E-state index in [1.807, 2.05) is 6.92 Å². The van der Waals surface area contributed by atoms with Crippen molar-refractivity contribution in [1.82, 2.24) is 9.97 Å². The third-order valence-corrected chi connectivity index (χ3v) is 3.55. The maximum atomic E-state index is 5.86. The number of aromatic amines is 1. The Morgan fingerprint density at radius 1 is 1.36 bits per heavy atom. The van der Waals surface area contributed by atoms with Gasteiger partial charge in [0, 0.05) is 0 Å². The van der Waals surface area contributed by atoms with Crippen LogP contribution in [0.3, 0.4) is 0 Å². The van der Waals surface area contributed by atoms with Crippen molar-refractivity contribution in [2.45, 2.75) is 25.7 Å². The van der Waals surface area contributed by atoms with Crippen LogP contribution < -0.4 is 0 Å². The van der Waals surface area contributed by atoms with Gasteiger partial charge in [0.2, 0.25) is 0 Å². The molecule has 0 bridgehead atoms. The maximum absolute atomic E-state index is 5.86. The van der Waals surface area contributed by atoms with Crippen LogP contribution in [0.2, 0.25) is 0 Å². The predicted molar refractivity (Wildman–Crippen MR) is 62.0 cm³/mol. The van der Waals surface area contributed by atoms with Gasteiger partial charge in [-0.25, -0.2) is 4.98 Å². The van der Waals surface area contributed by atoms with Crippen LogP contribution in [0.15, 0.2) is 11.0 Å². The van der Waals surface area contributed by atoms with Gasteiger partial charge in [-0.05, 0) is 59.6 Å². The smallest absolute Gasteiger partial charge is 0.104 e. The molecular formula is C10H11ClN2S. The van der Waals surface area contributed by atoms with Crippen LogP contribution in [0.25, 0.3) is 11.0 Å². The van der Waals surface area contributed by atoms with Crippen molar-refractivity contribution in [1.29, 1.82) is 0 Å². The lowest BCUT2D eigenvalue weighted by molar-refractivity contribution is 1.16. The Kier molecular flexibility index (Phi) is 2.45. The number of fused-ring (bicyclic) bond motifs is 1. The number of nitrogens with zero attached hydrogens (tertiary/aromatic N) is 1. The first-order valence-electron chi connectivity index (χ1n) is 4.38. The monoisotopic (exact) mass is 226 g/mol. The van der Waals surface area contributed by atoms with Crippen molar-refractivity contribution in [2.24, 2.45) is 0 Å². The number of halogens is 1. The SMILES string of the molecule is Cc1nc2c(SCl)c(C)c(C)cc2[nH]1. The van der Waals surface area contributed by atoms with E-state index in [2.05, 4.69) is 29.9 Å². The van der Waals surface area contributed by atoms with Gasteiger partial charge in [0.05, 0.1) is 10.4 Å². The highest BCUT2D eigenvalue weighted by atomic mass is 35.7. The van der Waals surface area contributed by atoms with E-state index in [9.17, 15) is 0 Å². The summed E-state index contributed by atoms with van der Waals surface area (Å²) in [6, 6.07) is 2.11. The number of benzene rings is 1. The molecule has 14 heavy (non-hydrogen) atoms. The second kappa shape index (κ2) is 3.48. The molecule has 2 nitrogen and oxygen atoms in total. The normalized spacial score (nSPS) is 11.1. The molecule has 2 rings (SSSR count). The second-order valence-corrected chi connectivity index (χ2v) is 4.47. The van der Waals surface area contributed by atoms with Crippen LogP contribution in [0.5, 0.6) is 0 Å². The topological polar surface area (TPSA) is 28.7 Å². The lowest BCUT2D eigenvalue weighted by atomic mass is 10.1. The Balaban J connectivity index is 2.87. The Morgan fingerprint density at radius 3 is 2.71 bits per heavy atom. The zero-order chi connectivity index (χ0) is 10.3. The maximum Gasteiger partial charge on any atom is 0.104 e. The van der Waals surface area contributed by atoms with E-state index in [0.29, 0.717) is 0 Å². The number of H-pyrrole nitrogens is 1. The lowest BCUT2D eigenvalue weighted by Crippen LogP contribution is -1.85. The molecule has 0 radical (unpaired) electrons. The Bertz CT molecular complexity index is 490. The molecule has 0 amide bonds. The van der Waals surface area contributed by atoms with Crippen LogP contribution in [0.1, 0.15) is 17.0 Å². The summed E-state index contributed by atoms with van der Waals surface area (Å²) >= 11 is 0. The van der Waals surface area contributed by atoms with Gasteiger partial charge >= 0.3 is 0 Å². The first-order valence-corrected chi connectivity index (χ1v) is 6.03. The summed E-state index contributed by atoms with van der Waals surface area (Å²) < 4.78 is 0. The minimum atomic E-state index is 0.928. The van der Waals surface area contributed by atoms with Crippen molar-refractivity contribution < 1.29 is 0 Å². The molecule has 1 aromatic carbocycles. The molecule has 1 aromatic heterocycles. The van der Waals surface area contributed by atoms with Gasteiger partial charge in [-0.2, -0.15) is 0 Å². The fourth-order valence-corrected chi connectivity index (χ4v) is 2.64. The summed E-state index contributed by atoms with van der Waals surface area (Å²) in [5.41, 5.74) is 4.49. The van der Waals surface area contributed by atoms with Crippen LogP contribution in [0.4, 0.5) is 0 Å². The second-order valence-electron chi connectivity index (χ2n) is 3.44. The fourth-order valence-electron chi connectivity index (χ4n) is 1.56. The van der Waals surface area contributed by atoms with Crippen LogP contribution in [-0.2, 0) is 0 Å². The largest absolute Gasteiger partial charge is 0.342 e. The average Bonchev–Trinajstić information content (AvgIpc) is 2.47. The van der Waals surface area contributed by atoms with Crippen molar-refractivity contribution in [2.75, 3.05) is 0 Å². The number of aryl methyl sites for hydroxylation is 2. The number of nitrogens with one attached hydrogen (secondary N) is 1. The van der Waals surface area contributed by atoms with Crippen molar-refractivity contribution in [3.05, 3.63) is 23.0 Å². The number of rotatable bonds is 1. The lowest BCUT2D eigenvalue weighted by Gasteiger charge is -2.05. The van der Waals surface area contributed by atoms with Crippen LogP contribution in [-0.4, -0.2) is 9.97 Å². The minimum Gasteiger partial charge on any atom is -0.342 e. The van der Waals surface area contributed by atoms with E-state index in [1.54, 1.807) is 0 Å². The molecule has 0 aliphatic heterocycles. The fraction of sp³-hybridized carbons (Fsp3) is 0.300. The molecule has 0 saturated heterocycles. The Hall–Kier alpha value is -0.670. The third-order valence-electron chi connectivity index (χ3n) is 2.44. The number of hydrogen-bond donors (Lipinski definition) is 1. The highest BCUT2D eigenvalue weighted by molar-refractivity contribution is 8.21. The molecule has 0 unspecified atom stereocenters. The zero-order valence-electron chi connectivity index (χ0n) is 8.31. The molecule has 1 heterocycles. The van der Waals surface area contributed by atoms with E-state index in [-0.39, 0.29) is 0 Å². The van der Waals surface area contributed by atoms with Gasteiger partial charge in [0.15, 0.2) is 0 Å². The number of imidazole rings is 1. The van der Waals surface area contributed by atoms with E-state index in [4.69, 9.17) is 10.7 Å². The average molecular weight is 227 g/mol. The summed E-state index contributed by atoms with van der Waals surface area (Å²) in [5.74, 6) is 0.928. The highest BCUT2D eigenvalue weighted by Gasteiger charge is 2.10. The molecule has 4 heteroatoms. The Labute approximate surface area is 91.6 Å². The summed E-state index contributed by atoms with van der Waals surface area (Å²) in [6.45, 7) is 6.11. The highest BCUT2D eigenvalue weighted by Crippen LogP contribution is 2.34. The standard InChI is InChI=1S/C10H11ClN2S/c1-5-4-8-9(13-7(3)12-8)10(14-11)6(5)2/h4H,1-3H3,(H,12,13). The first-order chi connectivity index (χ1) is 6.63. The zero-order valence-corrected chi connectivity index (χ0v) is 9.88. The molecular weight excluding hydrogens is 216 g/mol. The van der Waals surface area contributed by atoms with E-state index in [0.717, 1.165) is 21.8 Å². The molecule has 0 fully saturated rings. The summed E-state index contributed by atoms with van der Waals surface area (Å²) in [4.78, 5) is 8.70. The van der Waals surface area contributed by atoms with E-state index < -0.39 is 0 Å². The molecule has 74 valence electrons. The molecule has 0 spiro atoms. The minimum absolute atomic E-state index is 0.928. The van der Waals surface area contributed by atoms with Crippen molar-refractivity contribution >= 4 is 32.7 Å². The quantitative estimate of drug-likeness (QED) is 0.803. The van der Waals surface area contributed by atoms with E-state index in [1.165, 1.54) is 22.1 Å². The molecule has 0 saturated carbocycles. The van der Waals surface area contributed by atoms with Gasteiger partial charge in [-0.1, -0.05) is 0 Å². The molecule has 0 atom stereocenters. The van der Waals surface area contributed by atoms with Crippen molar-refractivity contribution in [3.8, 4) is 0 Å². The summed E-state index contributed by atoms with van der Waals surface area (Å²) in [7, 11) is 7.10. The third kappa shape index (κ3) is 1.41. The first kappa shape index (κ1) is 9.87. The number of hydrogen-bond acceptors (Lipinski definition) is 2. The summed E-state index contributed by atoms with van der Waals surface area (Å²) in [6.07, 6.45) is 0. The molecule has 0 aliphatic rings. The molecule has 2 aromatic rings. The van der Waals surface area contributed by atoms with E-state index >= 15 is 0 Å². The van der Waals surface area contributed by atoms with Gasteiger partial charge in [-0.3, -0.25) is 0 Å². The summed E-state index contributed by atoms with van der Waals surface area (Å²) in [5, 5.41) is 0.